The summed E-state index contributed by atoms with van der Waals surface area (Å²) in [7, 11) is -2.76. The van der Waals surface area contributed by atoms with Crippen LogP contribution in [-0.2, 0) is 9.84 Å². The fourth-order valence-corrected chi connectivity index (χ4v) is 2.09. The Bertz CT molecular complexity index is 474. The highest BCUT2D eigenvalue weighted by atomic mass is 32.2. The molecule has 1 aromatic carbocycles. The highest BCUT2D eigenvalue weighted by Crippen LogP contribution is 2.21. The van der Waals surface area contributed by atoms with E-state index >= 15 is 0 Å². The van der Waals surface area contributed by atoms with Crippen molar-refractivity contribution in [3.63, 3.8) is 0 Å². The lowest BCUT2D eigenvalue weighted by molar-refractivity contribution is 0.220. The van der Waals surface area contributed by atoms with Crippen LogP contribution >= 0.6 is 0 Å². The largest absolute Gasteiger partial charge is 0.489 e. The molecule has 0 aliphatic carbocycles. The van der Waals surface area contributed by atoms with Gasteiger partial charge in [0.05, 0.1) is 4.90 Å². The third-order valence-electron chi connectivity index (χ3n) is 2.22. The number of alkyl halides is 2. The molecule has 1 N–H and O–H groups in total. The molecule has 0 aliphatic heterocycles. The zero-order chi connectivity index (χ0) is 13.8. The molecule has 102 valence electrons. The van der Waals surface area contributed by atoms with E-state index in [-0.39, 0.29) is 6.10 Å². The highest BCUT2D eigenvalue weighted by Gasteiger charge is 2.26. The summed E-state index contributed by atoms with van der Waals surface area (Å²) < 4.78 is 52.3. The SMILES string of the molecule is CNCC(C)Oc1ccc(S(=O)(=O)C(F)F)cc1. The average molecular weight is 279 g/mol. The van der Waals surface area contributed by atoms with Gasteiger partial charge in [-0.25, -0.2) is 8.42 Å². The predicted octanol–water partition coefficient (Wildman–Crippen LogP) is 1.67. The second kappa shape index (κ2) is 6.10. The minimum Gasteiger partial charge on any atom is -0.489 e. The average Bonchev–Trinajstić information content (AvgIpc) is 2.29. The van der Waals surface area contributed by atoms with Crippen LogP contribution in [0.4, 0.5) is 8.78 Å². The van der Waals surface area contributed by atoms with Crippen LogP contribution in [0.2, 0.25) is 0 Å². The predicted molar refractivity (Wildman–Crippen MR) is 63.6 cm³/mol. The van der Waals surface area contributed by atoms with Gasteiger partial charge in [-0.2, -0.15) is 8.78 Å². The van der Waals surface area contributed by atoms with Crippen LogP contribution in [0.1, 0.15) is 6.92 Å². The van der Waals surface area contributed by atoms with Crippen LogP contribution in [0.5, 0.6) is 5.75 Å². The first kappa shape index (κ1) is 14.8. The van der Waals surface area contributed by atoms with Gasteiger partial charge in [0.2, 0.25) is 9.84 Å². The van der Waals surface area contributed by atoms with Crippen molar-refractivity contribution in [2.75, 3.05) is 13.6 Å². The van der Waals surface area contributed by atoms with Gasteiger partial charge in [0, 0.05) is 6.54 Å². The van der Waals surface area contributed by atoms with Gasteiger partial charge in [0.1, 0.15) is 11.9 Å². The van der Waals surface area contributed by atoms with Crippen molar-refractivity contribution in [1.29, 1.82) is 0 Å². The molecule has 1 atom stereocenters. The first-order valence-electron chi connectivity index (χ1n) is 5.31. The number of halogens is 2. The fourth-order valence-electron chi connectivity index (χ4n) is 1.37. The molecule has 0 radical (unpaired) electrons. The van der Waals surface area contributed by atoms with Crippen molar-refractivity contribution in [2.45, 2.75) is 23.7 Å². The Hall–Kier alpha value is -1.21. The Morgan fingerprint density at radius 1 is 1.28 bits per heavy atom. The smallest absolute Gasteiger partial charge is 0.341 e. The Morgan fingerprint density at radius 2 is 1.83 bits per heavy atom. The number of hydrogen-bond acceptors (Lipinski definition) is 4. The maximum absolute atomic E-state index is 12.3. The summed E-state index contributed by atoms with van der Waals surface area (Å²) in [6.07, 6.45) is -0.104. The van der Waals surface area contributed by atoms with Crippen molar-refractivity contribution in [1.82, 2.24) is 5.32 Å². The molecule has 7 heteroatoms. The van der Waals surface area contributed by atoms with E-state index in [0.29, 0.717) is 12.3 Å². The Morgan fingerprint density at radius 3 is 2.28 bits per heavy atom. The van der Waals surface area contributed by atoms with Gasteiger partial charge in [-0.1, -0.05) is 0 Å². The molecule has 0 aliphatic rings. The van der Waals surface area contributed by atoms with E-state index in [1.54, 1.807) is 7.05 Å². The van der Waals surface area contributed by atoms with E-state index in [0.717, 1.165) is 12.1 Å². The molecule has 0 amide bonds. The number of rotatable bonds is 6. The summed E-state index contributed by atoms with van der Waals surface area (Å²) >= 11 is 0. The van der Waals surface area contributed by atoms with E-state index in [2.05, 4.69) is 5.32 Å². The molecule has 18 heavy (non-hydrogen) atoms. The molecule has 0 fully saturated rings. The molecular formula is C11H15F2NO3S. The molecule has 1 rings (SSSR count). The Balaban J connectivity index is 2.81. The quantitative estimate of drug-likeness (QED) is 0.860. The number of hydrogen-bond donors (Lipinski definition) is 1. The van der Waals surface area contributed by atoms with E-state index in [4.69, 9.17) is 4.74 Å². The number of ether oxygens (including phenoxy) is 1. The summed E-state index contributed by atoms with van der Waals surface area (Å²) in [5.41, 5.74) is 0. The van der Waals surface area contributed by atoms with Gasteiger partial charge >= 0.3 is 5.76 Å². The summed E-state index contributed by atoms with van der Waals surface area (Å²) in [5.74, 6) is -2.97. The molecular weight excluding hydrogens is 264 g/mol. The zero-order valence-corrected chi connectivity index (χ0v) is 10.9. The number of sulfone groups is 1. The molecule has 0 aromatic heterocycles. The fraction of sp³-hybridized carbons (Fsp3) is 0.455. The molecule has 1 aromatic rings. The van der Waals surface area contributed by atoms with Gasteiger partial charge < -0.3 is 10.1 Å². The Kier molecular flexibility index (Phi) is 5.03. The summed E-state index contributed by atoms with van der Waals surface area (Å²) in [6.45, 7) is 2.46. The summed E-state index contributed by atoms with van der Waals surface area (Å²) in [4.78, 5) is -0.411. The monoisotopic (exact) mass is 279 g/mol. The van der Waals surface area contributed by atoms with Crippen molar-refractivity contribution >= 4 is 9.84 Å². The van der Waals surface area contributed by atoms with Crippen LogP contribution in [0.3, 0.4) is 0 Å². The standard InChI is InChI=1S/C11H15F2NO3S/c1-8(7-14-2)17-9-3-5-10(6-4-9)18(15,16)11(12)13/h3-6,8,11,14H,7H2,1-2H3. The minimum absolute atomic E-state index is 0.104. The van der Waals surface area contributed by atoms with Gasteiger partial charge in [0.15, 0.2) is 0 Å². The third kappa shape index (κ3) is 3.64. The molecule has 0 saturated carbocycles. The maximum atomic E-state index is 12.3. The van der Waals surface area contributed by atoms with Crippen molar-refractivity contribution < 1.29 is 21.9 Å². The van der Waals surface area contributed by atoms with Crippen LogP contribution in [0.15, 0.2) is 29.2 Å². The van der Waals surface area contributed by atoms with Crippen LogP contribution < -0.4 is 10.1 Å². The lowest BCUT2D eigenvalue weighted by Gasteiger charge is -2.14. The third-order valence-corrected chi connectivity index (χ3v) is 3.61. The van der Waals surface area contributed by atoms with Gasteiger partial charge in [-0.05, 0) is 38.2 Å². The van der Waals surface area contributed by atoms with E-state index in [1.165, 1.54) is 12.1 Å². The van der Waals surface area contributed by atoms with E-state index in [1.807, 2.05) is 6.92 Å². The molecule has 0 saturated heterocycles. The van der Waals surface area contributed by atoms with Crippen molar-refractivity contribution in [2.24, 2.45) is 0 Å². The van der Waals surface area contributed by atoms with E-state index in [9.17, 15) is 17.2 Å². The van der Waals surface area contributed by atoms with E-state index < -0.39 is 20.5 Å². The Labute approximate surface area is 105 Å². The van der Waals surface area contributed by atoms with Crippen LogP contribution in [0, 0.1) is 0 Å². The first-order chi connectivity index (χ1) is 8.37. The molecule has 4 nitrogen and oxygen atoms in total. The molecule has 1 unspecified atom stereocenters. The van der Waals surface area contributed by atoms with Gasteiger partial charge in [-0.15, -0.1) is 0 Å². The number of likely N-dealkylation sites (N-methyl/N-ethyl adjacent to an activating group) is 1. The van der Waals surface area contributed by atoms with Crippen LogP contribution in [0.25, 0.3) is 0 Å². The number of benzene rings is 1. The first-order valence-corrected chi connectivity index (χ1v) is 6.86. The van der Waals surface area contributed by atoms with Crippen molar-refractivity contribution in [3.05, 3.63) is 24.3 Å². The summed E-state index contributed by atoms with van der Waals surface area (Å²) in [5, 5.41) is 2.92. The van der Waals surface area contributed by atoms with Gasteiger partial charge in [0.25, 0.3) is 0 Å². The lowest BCUT2D eigenvalue weighted by Crippen LogP contribution is -2.26. The summed E-state index contributed by atoms with van der Waals surface area (Å²) in [6, 6.07) is 4.95. The second-order valence-corrected chi connectivity index (χ2v) is 5.68. The molecule has 0 heterocycles. The van der Waals surface area contributed by atoms with Crippen LogP contribution in [-0.4, -0.2) is 33.9 Å². The molecule has 0 spiro atoms. The minimum atomic E-state index is -4.53. The number of nitrogens with one attached hydrogen (secondary N) is 1. The lowest BCUT2D eigenvalue weighted by atomic mass is 10.3. The zero-order valence-electron chi connectivity index (χ0n) is 10.1. The molecule has 0 bridgehead atoms. The van der Waals surface area contributed by atoms with Crippen molar-refractivity contribution in [3.8, 4) is 5.75 Å². The maximum Gasteiger partial charge on any atom is 0.341 e. The normalized spacial score (nSPS) is 13.6. The second-order valence-electron chi connectivity index (χ2n) is 3.76. The highest BCUT2D eigenvalue weighted by molar-refractivity contribution is 7.91. The topological polar surface area (TPSA) is 55.4 Å². The van der Waals surface area contributed by atoms with Gasteiger partial charge in [-0.3, -0.25) is 0 Å².